The second kappa shape index (κ2) is 8.26. The van der Waals surface area contributed by atoms with Gasteiger partial charge in [-0.25, -0.2) is 0 Å². The fraction of sp³-hybridized carbons (Fsp3) is 0.455. The Labute approximate surface area is 172 Å². The topological polar surface area (TPSA) is 51.7 Å². The number of pyridine rings is 1. The average Bonchev–Trinajstić information content (AvgIpc) is 3.10. The van der Waals surface area contributed by atoms with Crippen LogP contribution in [-0.2, 0) is 10.9 Å². The van der Waals surface area contributed by atoms with Gasteiger partial charge in [0, 0.05) is 55.6 Å². The summed E-state index contributed by atoms with van der Waals surface area (Å²) >= 11 is 0. The van der Waals surface area contributed by atoms with Gasteiger partial charge in [-0.05, 0) is 49.2 Å². The minimum atomic E-state index is -4.42. The summed E-state index contributed by atoms with van der Waals surface area (Å²) in [6.07, 6.45) is 0.558. The molecule has 1 amide bonds. The largest absolute Gasteiger partial charge is 0.493 e. The molecule has 1 spiro atoms. The maximum absolute atomic E-state index is 13.0. The molecule has 2 aromatic rings. The summed E-state index contributed by atoms with van der Waals surface area (Å²) in [6.45, 7) is 2.79. The lowest BCUT2D eigenvalue weighted by atomic mass is 9.72. The summed E-state index contributed by atoms with van der Waals surface area (Å²) in [4.78, 5) is 18.7. The highest BCUT2D eigenvalue weighted by Crippen LogP contribution is 2.45. The maximum Gasteiger partial charge on any atom is 0.416 e. The first-order valence-corrected chi connectivity index (χ1v) is 9.94. The predicted octanol–water partition coefficient (Wildman–Crippen LogP) is 4.05. The number of hydrogen-bond acceptors (Lipinski definition) is 4. The van der Waals surface area contributed by atoms with Gasteiger partial charge in [0.25, 0.3) is 5.91 Å². The van der Waals surface area contributed by atoms with Crippen molar-refractivity contribution in [2.24, 2.45) is 11.3 Å². The Balaban J connectivity index is 1.49. The SMILES string of the molecule is O=C(c1ccc(C(F)(F)F)cc1)N1C[C@H](COc2ccncc2)C2(CCOCC2)C1. The summed E-state index contributed by atoms with van der Waals surface area (Å²) in [5.41, 5.74) is -0.599. The molecule has 2 aliphatic heterocycles. The highest BCUT2D eigenvalue weighted by Gasteiger charge is 2.49. The van der Waals surface area contributed by atoms with Crippen LogP contribution in [0.5, 0.6) is 5.75 Å². The average molecular weight is 420 g/mol. The molecular formula is C22H23F3N2O3. The molecule has 3 heterocycles. The van der Waals surface area contributed by atoms with E-state index >= 15 is 0 Å². The lowest BCUT2D eigenvalue weighted by molar-refractivity contribution is -0.137. The van der Waals surface area contributed by atoms with Crippen molar-refractivity contribution in [1.29, 1.82) is 0 Å². The second-order valence-corrected chi connectivity index (χ2v) is 7.93. The molecule has 1 aromatic heterocycles. The first-order chi connectivity index (χ1) is 14.4. The lowest BCUT2D eigenvalue weighted by Gasteiger charge is -2.37. The number of nitrogens with zero attached hydrogens (tertiary/aromatic N) is 2. The molecule has 2 aliphatic rings. The molecule has 5 nitrogen and oxygen atoms in total. The van der Waals surface area contributed by atoms with E-state index in [1.807, 2.05) is 0 Å². The number of amides is 1. The number of hydrogen-bond donors (Lipinski definition) is 0. The Morgan fingerprint density at radius 2 is 1.80 bits per heavy atom. The van der Waals surface area contributed by atoms with E-state index < -0.39 is 11.7 Å². The molecular weight excluding hydrogens is 397 g/mol. The number of likely N-dealkylation sites (tertiary alicyclic amines) is 1. The van der Waals surface area contributed by atoms with Crippen LogP contribution in [0.15, 0.2) is 48.8 Å². The van der Waals surface area contributed by atoms with Gasteiger partial charge < -0.3 is 14.4 Å². The van der Waals surface area contributed by atoms with Gasteiger partial charge in [0.15, 0.2) is 0 Å². The van der Waals surface area contributed by atoms with Crippen LogP contribution in [0.25, 0.3) is 0 Å². The molecule has 0 aliphatic carbocycles. The smallest absolute Gasteiger partial charge is 0.416 e. The van der Waals surface area contributed by atoms with Crippen LogP contribution in [-0.4, -0.2) is 48.7 Å². The van der Waals surface area contributed by atoms with Crippen molar-refractivity contribution in [2.45, 2.75) is 19.0 Å². The standard InChI is InChI=1S/C22H23F3N2O3/c23-22(24,25)17-3-1-16(2-4-17)20(28)27-13-18(14-30-19-5-9-26-10-6-19)21(15-27)7-11-29-12-8-21/h1-6,9-10,18H,7-8,11-15H2/t18-/m1/s1. The highest BCUT2D eigenvalue weighted by atomic mass is 19.4. The van der Waals surface area contributed by atoms with E-state index in [4.69, 9.17) is 9.47 Å². The molecule has 0 saturated carbocycles. The van der Waals surface area contributed by atoms with E-state index in [9.17, 15) is 18.0 Å². The van der Waals surface area contributed by atoms with Gasteiger partial charge in [-0.2, -0.15) is 13.2 Å². The number of carbonyl (C=O) groups excluding carboxylic acids is 1. The summed E-state index contributed by atoms with van der Waals surface area (Å²) in [7, 11) is 0. The third kappa shape index (κ3) is 4.28. The van der Waals surface area contributed by atoms with Crippen molar-refractivity contribution in [1.82, 2.24) is 9.88 Å². The van der Waals surface area contributed by atoms with Crippen LogP contribution in [0, 0.1) is 11.3 Å². The highest BCUT2D eigenvalue weighted by molar-refractivity contribution is 5.94. The fourth-order valence-corrected chi connectivity index (χ4v) is 4.38. The zero-order chi connectivity index (χ0) is 21.2. The molecule has 4 rings (SSSR count). The van der Waals surface area contributed by atoms with Crippen LogP contribution in [0.1, 0.15) is 28.8 Å². The van der Waals surface area contributed by atoms with E-state index in [0.717, 1.165) is 30.7 Å². The number of aromatic nitrogens is 1. The third-order valence-corrected chi connectivity index (χ3v) is 6.15. The van der Waals surface area contributed by atoms with Gasteiger partial charge in [0.1, 0.15) is 5.75 Å². The summed E-state index contributed by atoms with van der Waals surface area (Å²) < 4.78 is 49.9. The molecule has 2 saturated heterocycles. The minimum absolute atomic E-state index is 0.104. The van der Waals surface area contributed by atoms with E-state index in [1.165, 1.54) is 12.1 Å². The summed E-state index contributed by atoms with van der Waals surface area (Å²) in [6, 6.07) is 7.99. The molecule has 1 atom stereocenters. The molecule has 30 heavy (non-hydrogen) atoms. The number of rotatable bonds is 4. The quantitative estimate of drug-likeness (QED) is 0.749. The molecule has 160 valence electrons. The van der Waals surface area contributed by atoms with Gasteiger partial charge >= 0.3 is 6.18 Å². The fourth-order valence-electron chi connectivity index (χ4n) is 4.38. The number of alkyl halides is 3. The Kier molecular flexibility index (Phi) is 5.69. The Morgan fingerprint density at radius 1 is 1.13 bits per heavy atom. The Bertz CT molecular complexity index is 865. The lowest BCUT2D eigenvalue weighted by Crippen LogP contribution is -2.39. The monoisotopic (exact) mass is 420 g/mol. The molecule has 2 fully saturated rings. The first-order valence-electron chi connectivity index (χ1n) is 9.94. The Hall–Kier alpha value is -2.61. The van der Waals surface area contributed by atoms with Crippen molar-refractivity contribution in [3.63, 3.8) is 0 Å². The zero-order valence-corrected chi connectivity index (χ0v) is 16.4. The van der Waals surface area contributed by atoms with Crippen LogP contribution < -0.4 is 4.74 Å². The van der Waals surface area contributed by atoms with Gasteiger partial charge in [-0.15, -0.1) is 0 Å². The molecule has 0 radical (unpaired) electrons. The summed E-state index contributed by atoms with van der Waals surface area (Å²) in [5.74, 6) is 0.591. The van der Waals surface area contributed by atoms with Gasteiger partial charge in [0.05, 0.1) is 12.2 Å². The third-order valence-electron chi connectivity index (χ3n) is 6.15. The van der Waals surface area contributed by atoms with Crippen molar-refractivity contribution in [3.05, 3.63) is 59.9 Å². The van der Waals surface area contributed by atoms with Gasteiger partial charge in [-0.1, -0.05) is 0 Å². The molecule has 0 bridgehead atoms. The normalized spacial score (nSPS) is 21.0. The molecule has 1 aromatic carbocycles. The van der Waals surface area contributed by atoms with Crippen molar-refractivity contribution >= 4 is 5.91 Å². The molecule has 0 N–H and O–H groups in total. The van der Waals surface area contributed by atoms with Crippen LogP contribution >= 0.6 is 0 Å². The molecule has 0 unspecified atom stereocenters. The van der Waals surface area contributed by atoms with E-state index in [1.54, 1.807) is 29.4 Å². The van der Waals surface area contributed by atoms with Crippen LogP contribution in [0.4, 0.5) is 13.2 Å². The van der Waals surface area contributed by atoms with Gasteiger partial charge in [0.2, 0.25) is 0 Å². The van der Waals surface area contributed by atoms with E-state index in [0.29, 0.717) is 32.9 Å². The predicted molar refractivity (Wildman–Crippen MR) is 103 cm³/mol. The summed E-state index contributed by atoms with van der Waals surface area (Å²) in [5, 5.41) is 0. The minimum Gasteiger partial charge on any atom is -0.493 e. The number of carbonyl (C=O) groups is 1. The molecule has 8 heteroatoms. The number of halogens is 3. The van der Waals surface area contributed by atoms with Crippen LogP contribution in [0.3, 0.4) is 0 Å². The van der Waals surface area contributed by atoms with Gasteiger partial charge in [-0.3, -0.25) is 9.78 Å². The second-order valence-electron chi connectivity index (χ2n) is 7.93. The van der Waals surface area contributed by atoms with Crippen molar-refractivity contribution < 1.29 is 27.4 Å². The number of ether oxygens (including phenoxy) is 2. The van der Waals surface area contributed by atoms with Crippen LogP contribution in [0.2, 0.25) is 0 Å². The van der Waals surface area contributed by atoms with E-state index in [-0.39, 0.29) is 22.8 Å². The van der Waals surface area contributed by atoms with Crippen molar-refractivity contribution in [3.8, 4) is 5.75 Å². The number of benzene rings is 1. The maximum atomic E-state index is 13.0. The van der Waals surface area contributed by atoms with Crippen molar-refractivity contribution in [2.75, 3.05) is 32.9 Å². The first kappa shape index (κ1) is 20.7. The Morgan fingerprint density at radius 3 is 2.43 bits per heavy atom. The zero-order valence-electron chi connectivity index (χ0n) is 16.4. The van der Waals surface area contributed by atoms with E-state index in [2.05, 4.69) is 4.98 Å².